The standard InChI is InChI=1S/C18H22N4O4/c1-12-5-4-6-13(2)21(12)11-14(10-19)18(23)20-16-8-7-15(22(24)25)9-17(16)26-3/h7-9,11-13H,4-6H2,1-3H3,(H,20,23)/b14-11-. The molecule has 1 fully saturated rings. The predicted octanol–water partition coefficient (Wildman–Crippen LogP) is 3.21. The Kier molecular flexibility index (Phi) is 6.17. The summed E-state index contributed by atoms with van der Waals surface area (Å²) in [6, 6.07) is 6.32. The second-order valence-corrected chi connectivity index (χ2v) is 6.33. The third-order valence-electron chi connectivity index (χ3n) is 4.55. The molecule has 1 saturated heterocycles. The SMILES string of the molecule is COc1cc([N+](=O)[O-])ccc1NC(=O)/C(C#N)=C\N1C(C)CCCC1C. The molecule has 1 aromatic carbocycles. The van der Waals surface area contributed by atoms with E-state index in [1.807, 2.05) is 11.0 Å². The fraction of sp³-hybridized carbons (Fsp3) is 0.444. The van der Waals surface area contributed by atoms with Gasteiger partial charge in [-0.15, -0.1) is 0 Å². The van der Waals surface area contributed by atoms with E-state index in [4.69, 9.17) is 4.74 Å². The van der Waals surface area contributed by atoms with Gasteiger partial charge in [0.15, 0.2) is 0 Å². The lowest BCUT2D eigenvalue weighted by Gasteiger charge is -2.38. The maximum atomic E-state index is 12.5. The minimum absolute atomic E-state index is 0.0222. The van der Waals surface area contributed by atoms with Gasteiger partial charge < -0.3 is 15.0 Å². The number of nitrogens with one attached hydrogen (secondary N) is 1. The molecule has 1 N–H and O–H groups in total. The van der Waals surface area contributed by atoms with Crippen molar-refractivity contribution in [1.29, 1.82) is 5.26 Å². The molecule has 0 aromatic heterocycles. The fourth-order valence-corrected chi connectivity index (χ4v) is 3.07. The van der Waals surface area contributed by atoms with Gasteiger partial charge in [-0.3, -0.25) is 14.9 Å². The Bertz CT molecular complexity index is 759. The van der Waals surface area contributed by atoms with Gasteiger partial charge in [0.2, 0.25) is 0 Å². The summed E-state index contributed by atoms with van der Waals surface area (Å²) < 4.78 is 5.10. The van der Waals surface area contributed by atoms with Crippen molar-refractivity contribution in [3.8, 4) is 11.8 Å². The van der Waals surface area contributed by atoms with E-state index in [-0.39, 0.29) is 34.8 Å². The van der Waals surface area contributed by atoms with Crippen molar-refractivity contribution in [2.75, 3.05) is 12.4 Å². The average Bonchev–Trinajstić information content (AvgIpc) is 2.61. The summed E-state index contributed by atoms with van der Waals surface area (Å²) in [5.74, 6) is -0.422. The number of anilines is 1. The summed E-state index contributed by atoms with van der Waals surface area (Å²) in [6.45, 7) is 4.14. The van der Waals surface area contributed by atoms with Crippen molar-refractivity contribution in [3.05, 3.63) is 40.1 Å². The molecule has 1 aliphatic rings. The monoisotopic (exact) mass is 358 g/mol. The number of hydrogen-bond donors (Lipinski definition) is 1. The summed E-state index contributed by atoms with van der Waals surface area (Å²) in [5, 5.41) is 22.8. The number of benzene rings is 1. The van der Waals surface area contributed by atoms with Gasteiger partial charge >= 0.3 is 0 Å². The fourth-order valence-electron chi connectivity index (χ4n) is 3.07. The number of nitro groups is 1. The van der Waals surface area contributed by atoms with E-state index in [9.17, 15) is 20.2 Å². The van der Waals surface area contributed by atoms with E-state index in [1.54, 1.807) is 6.20 Å². The molecule has 0 aliphatic carbocycles. The lowest BCUT2D eigenvalue weighted by atomic mass is 9.98. The zero-order valence-corrected chi connectivity index (χ0v) is 15.1. The Morgan fingerprint density at radius 1 is 1.42 bits per heavy atom. The van der Waals surface area contributed by atoms with E-state index in [1.165, 1.54) is 25.3 Å². The number of nitro benzene ring substituents is 1. The number of carbonyl (C=O) groups excluding carboxylic acids is 1. The first-order valence-electron chi connectivity index (χ1n) is 8.40. The molecule has 138 valence electrons. The van der Waals surface area contributed by atoms with Gasteiger partial charge in [-0.2, -0.15) is 5.26 Å². The molecule has 8 nitrogen and oxygen atoms in total. The number of hydrogen-bond acceptors (Lipinski definition) is 6. The van der Waals surface area contributed by atoms with E-state index in [0.717, 1.165) is 19.3 Å². The first-order valence-corrected chi connectivity index (χ1v) is 8.40. The molecule has 0 radical (unpaired) electrons. The Hall–Kier alpha value is -3.08. The Balaban J connectivity index is 2.23. The van der Waals surface area contributed by atoms with Crippen LogP contribution in [0.25, 0.3) is 0 Å². The summed E-state index contributed by atoms with van der Waals surface area (Å²) in [4.78, 5) is 24.8. The number of methoxy groups -OCH3 is 1. The van der Waals surface area contributed by atoms with Crippen LogP contribution in [0.5, 0.6) is 5.75 Å². The second kappa shape index (κ2) is 8.34. The van der Waals surface area contributed by atoms with Gasteiger partial charge in [0.1, 0.15) is 17.4 Å². The van der Waals surface area contributed by atoms with Crippen LogP contribution in [0.15, 0.2) is 30.0 Å². The van der Waals surface area contributed by atoms with Crippen LogP contribution in [0.4, 0.5) is 11.4 Å². The third kappa shape index (κ3) is 4.30. The lowest BCUT2D eigenvalue weighted by molar-refractivity contribution is -0.384. The summed E-state index contributed by atoms with van der Waals surface area (Å²) in [5.41, 5.74) is 0.0989. The van der Waals surface area contributed by atoms with Gasteiger partial charge in [-0.05, 0) is 39.2 Å². The molecule has 0 saturated carbocycles. The number of likely N-dealkylation sites (tertiary alicyclic amines) is 1. The molecule has 2 unspecified atom stereocenters. The zero-order valence-electron chi connectivity index (χ0n) is 15.1. The molecule has 0 spiro atoms. The maximum Gasteiger partial charge on any atom is 0.273 e. The normalized spacial score (nSPS) is 20.2. The molecule has 2 rings (SSSR count). The molecule has 1 aliphatic heterocycles. The number of amides is 1. The first-order chi connectivity index (χ1) is 12.4. The third-order valence-corrected chi connectivity index (χ3v) is 4.55. The van der Waals surface area contributed by atoms with Crippen LogP contribution in [0, 0.1) is 21.4 Å². The average molecular weight is 358 g/mol. The van der Waals surface area contributed by atoms with Crippen LogP contribution in [-0.2, 0) is 4.79 Å². The van der Waals surface area contributed by atoms with Crippen molar-refractivity contribution in [2.24, 2.45) is 0 Å². The van der Waals surface area contributed by atoms with Crippen molar-refractivity contribution < 1.29 is 14.5 Å². The van der Waals surface area contributed by atoms with Crippen molar-refractivity contribution >= 4 is 17.3 Å². The minimum atomic E-state index is -0.579. The highest BCUT2D eigenvalue weighted by atomic mass is 16.6. The van der Waals surface area contributed by atoms with Gasteiger partial charge in [0.25, 0.3) is 11.6 Å². The van der Waals surface area contributed by atoms with Crippen LogP contribution >= 0.6 is 0 Å². The smallest absolute Gasteiger partial charge is 0.273 e. The molecular formula is C18H22N4O4. The highest BCUT2D eigenvalue weighted by Gasteiger charge is 2.24. The van der Waals surface area contributed by atoms with Gasteiger partial charge in [-0.1, -0.05) is 0 Å². The molecule has 1 aromatic rings. The highest BCUT2D eigenvalue weighted by molar-refractivity contribution is 6.07. The Morgan fingerprint density at radius 2 is 2.08 bits per heavy atom. The van der Waals surface area contributed by atoms with Crippen LogP contribution in [0.3, 0.4) is 0 Å². The molecule has 26 heavy (non-hydrogen) atoms. The largest absolute Gasteiger partial charge is 0.494 e. The number of nitriles is 1. The molecule has 1 heterocycles. The van der Waals surface area contributed by atoms with E-state index in [0.29, 0.717) is 0 Å². The predicted molar refractivity (Wildman–Crippen MR) is 96.6 cm³/mol. The van der Waals surface area contributed by atoms with E-state index in [2.05, 4.69) is 19.2 Å². The topological polar surface area (TPSA) is 108 Å². The van der Waals surface area contributed by atoms with Crippen LogP contribution in [0.2, 0.25) is 0 Å². The van der Waals surface area contributed by atoms with E-state index >= 15 is 0 Å². The van der Waals surface area contributed by atoms with Crippen molar-refractivity contribution in [2.45, 2.75) is 45.2 Å². The van der Waals surface area contributed by atoms with Crippen LogP contribution < -0.4 is 10.1 Å². The zero-order chi connectivity index (χ0) is 19.3. The molecule has 0 bridgehead atoms. The minimum Gasteiger partial charge on any atom is -0.494 e. The lowest BCUT2D eigenvalue weighted by Crippen LogP contribution is -2.40. The highest BCUT2D eigenvalue weighted by Crippen LogP contribution is 2.29. The molecule has 8 heteroatoms. The number of rotatable bonds is 5. The first kappa shape index (κ1) is 19.2. The molecular weight excluding hydrogens is 336 g/mol. The van der Waals surface area contributed by atoms with Gasteiger partial charge in [0.05, 0.1) is 23.8 Å². The summed E-state index contributed by atoms with van der Waals surface area (Å²) in [6.07, 6.45) is 4.75. The summed E-state index contributed by atoms with van der Waals surface area (Å²) in [7, 11) is 1.35. The molecule has 1 amide bonds. The molecule has 2 atom stereocenters. The summed E-state index contributed by atoms with van der Waals surface area (Å²) >= 11 is 0. The van der Waals surface area contributed by atoms with Crippen molar-refractivity contribution in [3.63, 3.8) is 0 Å². The quantitative estimate of drug-likeness (QED) is 0.375. The van der Waals surface area contributed by atoms with Gasteiger partial charge in [-0.25, -0.2) is 0 Å². The Morgan fingerprint density at radius 3 is 2.62 bits per heavy atom. The Labute approximate surface area is 152 Å². The van der Waals surface area contributed by atoms with Crippen molar-refractivity contribution in [1.82, 2.24) is 4.90 Å². The number of carbonyl (C=O) groups is 1. The number of ether oxygens (including phenoxy) is 1. The number of nitrogens with zero attached hydrogens (tertiary/aromatic N) is 3. The number of piperidine rings is 1. The van der Waals surface area contributed by atoms with Crippen LogP contribution in [-0.4, -0.2) is 34.9 Å². The van der Waals surface area contributed by atoms with Crippen LogP contribution in [0.1, 0.15) is 33.1 Å². The van der Waals surface area contributed by atoms with E-state index < -0.39 is 10.8 Å². The second-order valence-electron chi connectivity index (χ2n) is 6.33. The number of non-ortho nitro benzene ring substituents is 1. The maximum absolute atomic E-state index is 12.5. The van der Waals surface area contributed by atoms with Gasteiger partial charge in [0, 0.05) is 24.4 Å².